The molecule has 0 aliphatic rings. The summed E-state index contributed by atoms with van der Waals surface area (Å²) >= 11 is 3.74. The van der Waals surface area contributed by atoms with Gasteiger partial charge in [-0.05, 0) is 18.6 Å². The Morgan fingerprint density at radius 3 is 2.56 bits per heavy atom. The third-order valence-corrected chi connectivity index (χ3v) is 2.20. The molecule has 0 aliphatic heterocycles. The van der Waals surface area contributed by atoms with Crippen molar-refractivity contribution in [2.45, 2.75) is 13.1 Å². The molecule has 2 nitrogen and oxygen atoms in total. The Hall–Kier alpha value is -1.17. The maximum atomic E-state index is 12.6. The molecule has 0 aliphatic carbocycles. The van der Waals surface area contributed by atoms with E-state index in [1.165, 1.54) is 19.1 Å². The fourth-order valence-electron chi connectivity index (χ4n) is 1.37. The number of alkyl halides is 3. The van der Waals surface area contributed by atoms with Gasteiger partial charge in [0.05, 0.1) is 17.0 Å². The second kappa shape index (κ2) is 4.78. The van der Waals surface area contributed by atoms with Gasteiger partial charge in [0.25, 0.3) is 5.91 Å². The summed E-state index contributed by atoms with van der Waals surface area (Å²) in [4.78, 5) is 11.5. The number of benzene rings is 1. The molecule has 0 saturated carbocycles. The van der Waals surface area contributed by atoms with E-state index in [9.17, 15) is 18.0 Å². The largest absolute Gasteiger partial charge is 0.417 e. The summed E-state index contributed by atoms with van der Waals surface area (Å²) in [6.07, 6.45) is -4.53. The van der Waals surface area contributed by atoms with Crippen LogP contribution in [0.25, 0.3) is 0 Å². The van der Waals surface area contributed by atoms with Crippen molar-refractivity contribution < 1.29 is 18.0 Å². The number of aryl methyl sites for hydroxylation is 1. The molecule has 16 heavy (non-hydrogen) atoms. The highest BCUT2D eigenvalue weighted by Crippen LogP contribution is 2.33. The second-order valence-corrected chi connectivity index (χ2v) is 3.48. The first-order valence-electron chi connectivity index (χ1n) is 4.43. The molecule has 88 valence electrons. The van der Waals surface area contributed by atoms with E-state index in [1.54, 1.807) is 0 Å². The maximum absolute atomic E-state index is 12.6. The minimum atomic E-state index is -4.53. The topological polar surface area (TPSA) is 29.1 Å². The molecule has 1 amide bonds. The summed E-state index contributed by atoms with van der Waals surface area (Å²) in [5.74, 6) is -0.773. The van der Waals surface area contributed by atoms with Gasteiger partial charge in [-0.25, -0.2) is 0 Å². The summed E-state index contributed by atoms with van der Waals surface area (Å²) < 4.78 is 37.9. The van der Waals surface area contributed by atoms with E-state index in [2.05, 4.69) is 17.9 Å². The summed E-state index contributed by atoms with van der Waals surface area (Å²) in [6.45, 7) is 1.46. The monoisotopic (exact) mass is 249 g/mol. The van der Waals surface area contributed by atoms with Crippen LogP contribution in [-0.2, 0) is 6.18 Å². The summed E-state index contributed by atoms with van der Waals surface area (Å²) in [5.41, 5.74) is -0.982. The zero-order valence-electron chi connectivity index (χ0n) is 8.43. The standard InChI is InChI=1S/C10H10F3NOS/c1-6-3-2-4-7(10(11,12)13)8(6)9(15)14-5-16/h2-4,16H,5H2,1H3,(H,14,15). The number of rotatable bonds is 2. The average Bonchev–Trinajstić information content (AvgIpc) is 2.16. The molecule has 0 heterocycles. The molecule has 1 aromatic rings. The zero-order valence-corrected chi connectivity index (χ0v) is 9.32. The quantitative estimate of drug-likeness (QED) is 0.612. The lowest BCUT2D eigenvalue weighted by Crippen LogP contribution is -2.26. The van der Waals surface area contributed by atoms with E-state index >= 15 is 0 Å². The number of nitrogens with one attached hydrogen (secondary N) is 1. The van der Waals surface area contributed by atoms with Crippen LogP contribution >= 0.6 is 12.6 Å². The van der Waals surface area contributed by atoms with Crippen molar-refractivity contribution in [3.8, 4) is 0 Å². The van der Waals surface area contributed by atoms with Gasteiger partial charge in [-0.1, -0.05) is 12.1 Å². The predicted molar refractivity (Wildman–Crippen MR) is 57.5 cm³/mol. The minimum Gasteiger partial charge on any atom is -0.343 e. The molecule has 1 N–H and O–H groups in total. The lowest BCUT2D eigenvalue weighted by atomic mass is 10.0. The SMILES string of the molecule is Cc1cccc(C(F)(F)F)c1C(=O)NCS. The minimum absolute atomic E-state index is 0.00946. The fraction of sp³-hybridized carbons (Fsp3) is 0.300. The molecule has 1 rings (SSSR count). The molecule has 1 aromatic carbocycles. The van der Waals surface area contributed by atoms with Gasteiger partial charge in [0.1, 0.15) is 0 Å². The van der Waals surface area contributed by atoms with Crippen LogP contribution in [-0.4, -0.2) is 11.8 Å². The highest BCUT2D eigenvalue weighted by Gasteiger charge is 2.35. The summed E-state index contributed by atoms with van der Waals surface area (Å²) in [6, 6.07) is 3.62. The number of thiol groups is 1. The number of carbonyl (C=O) groups excluding carboxylic acids is 1. The second-order valence-electron chi connectivity index (χ2n) is 3.16. The van der Waals surface area contributed by atoms with Crippen LogP contribution in [0.1, 0.15) is 21.5 Å². The van der Waals surface area contributed by atoms with Crippen molar-refractivity contribution in [3.05, 3.63) is 34.9 Å². The highest BCUT2D eigenvalue weighted by molar-refractivity contribution is 7.80. The maximum Gasteiger partial charge on any atom is 0.417 e. The predicted octanol–water partition coefficient (Wildman–Crippen LogP) is 2.63. The van der Waals surface area contributed by atoms with Crippen molar-refractivity contribution in [3.63, 3.8) is 0 Å². The molecule has 0 radical (unpaired) electrons. The normalized spacial score (nSPS) is 11.3. The van der Waals surface area contributed by atoms with Gasteiger partial charge in [0.2, 0.25) is 0 Å². The lowest BCUT2D eigenvalue weighted by molar-refractivity contribution is -0.138. The lowest BCUT2D eigenvalue weighted by Gasteiger charge is -2.14. The first-order valence-corrected chi connectivity index (χ1v) is 5.07. The third kappa shape index (κ3) is 2.69. The molecule has 0 spiro atoms. The fourth-order valence-corrected chi connectivity index (χ4v) is 1.51. The van der Waals surface area contributed by atoms with E-state index < -0.39 is 17.6 Å². The van der Waals surface area contributed by atoms with Crippen LogP contribution in [0, 0.1) is 6.92 Å². The third-order valence-electron chi connectivity index (χ3n) is 2.04. The van der Waals surface area contributed by atoms with Crippen molar-refractivity contribution in [1.29, 1.82) is 0 Å². The first-order chi connectivity index (χ1) is 7.38. The zero-order chi connectivity index (χ0) is 12.3. The Labute approximate surface area is 96.3 Å². The van der Waals surface area contributed by atoms with E-state index in [4.69, 9.17) is 0 Å². The van der Waals surface area contributed by atoms with Crippen LogP contribution in [0.2, 0.25) is 0 Å². The Kier molecular flexibility index (Phi) is 3.85. The van der Waals surface area contributed by atoms with Crippen LogP contribution < -0.4 is 5.32 Å². The van der Waals surface area contributed by atoms with Gasteiger partial charge >= 0.3 is 6.18 Å². The van der Waals surface area contributed by atoms with E-state index in [0.29, 0.717) is 0 Å². The molecule has 6 heteroatoms. The van der Waals surface area contributed by atoms with Crippen LogP contribution in [0.15, 0.2) is 18.2 Å². The highest BCUT2D eigenvalue weighted by atomic mass is 32.1. The number of carbonyl (C=O) groups is 1. The molecule has 0 atom stereocenters. The van der Waals surface area contributed by atoms with Crippen LogP contribution in [0.3, 0.4) is 0 Å². The molecule has 0 fully saturated rings. The van der Waals surface area contributed by atoms with Crippen molar-refractivity contribution in [2.75, 3.05) is 5.88 Å². The molecule has 0 unspecified atom stereocenters. The van der Waals surface area contributed by atoms with Crippen molar-refractivity contribution in [1.82, 2.24) is 5.32 Å². The Bertz CT molecular complexity index is 404. The van der Waals surface area contributed by atoms with E-state index in [1.807, 2.05) is 0 Å². The molecule has 0 bridgehead atoms. The summed E-state index contributed by atoms with van der Waals surface area (Å²) in [5, 5.41) is 2.24. The average molecular weight is 249 g/mol. The summed E-state index contributed by atoms with van der Waals surface area (Å²) in [7, 11) is 0. The first kappa shape index (κ1) is 12.9. The van der Waals surface area contributed by atoms with Crippen LogP contribution in [0.4, 0.5) is 13.2 Å². The van der Waals surface area contributed by atoms with Gasteiger partial charge < -0.3 is 5.32 Å². The number of halogens is 3. The van der Waals surface area contributed by atoms with E-state index in [0.717, 1.165) is 6.07 Å². The van der Waals surface area contributed by atoms with Gasteiger partial charge in [-0.2, -0.15) is 25.8 Å². The smallest absolute Gasteiger partial charge is 0.343 e. The molecular weight excluding hydrogens is 239 g/mol. The Morgan fingerprint density at radius 2 is 2.06 bits per heavy atom. The van der Waals surface area contributed by atoms with E-state index in [-0.39, 0.29) is 17.0 Å². The van der Waals surface area contributed by atoms with Gasteiger partial charge in [-0.15, -0.1) is 0 Å². The molecule has 0 saturated heterocycles. The number of hydrogen-bond acceptors (Lipinski definition) is 2. The van der Waals surface area contributed by atoms with Crippen molar-refractivity contribution in [2.24, 2.45) is 0 Å². The van der Waals surface area contributed by atoms with Crippen molar-refractivity contribution >= 4 is 18.5 Å². The Morgan fingerprint density at radius 1 is 1.44 bits per heavy atom. The van der Waals surface area contributed by atoms with Gasteiger partial charge in [0.15, 0.2) is 0 Å². The molecule has 0 aromatic heterocycles. The molecular formula is C10H10F3NOS. The number of hydrogen-bond donors (Lipinski definition) is 2. The number of amides is 1. The van der Waals surface area contributed by atoms with Gasteiger partial charge in [-0.3, -0.25) is 4.79 Å². The van der Waals surface area contributed by atoms with Gasteiger partial charge in [0, 0.05) is 0 Å². The Balaban J connectivity index is 3.30. The van der Waals surface area contributed by atoms with Crippen LogP contribution in [0.5, 0.6) is 0 Å².